The highest BCUT2D eigenvalue weighted by molar-refractivity contribution is 7.80. The number of aliphatic hydroxyl groups excluding tert-OH is 2. The fraction of sp³-hybridized carbons (Fsp3) is 0.405. The van der Waals surface area contributed by atoms with Gasteiger partial charge in [0.1, 0.15) is 35.4 Å². The third-order valence-corrected chi connectivity index (χ3v) is 13.6. The molecular formula is C42H48N2O17P2S. The molecule has 0 amide bonds. The first-order valence-corrected chi connectivity index (χ1v) is 23.9. The molecule has 3 heterocycles. The number of aromatic hydroxyl groups is 1. The topological polar surface area (TPSA) is 295 Å². The number of carboxylic acids is 1. The molecule has 7 N–H and O–H groups in total. The van der Waals surface area contributed by atoms with Crippen LogP contribution >= 0.6 is 27.9 Å². The minimum Gasteiger partial charge on any atom is -0.508 e. The zero-order chi connectivity index (χ0) is 46.2. The lowest BCUT2D eigenvalue weighted by atomic mass is 9.89. The van der Waals surface area contributed by atoms with Gasteiger partial charge in [-0.05, 0) is 65.6 Å². The number of unbranched alkanes of at least 4 members (excludes halogenated alkanes) is 8. The van der Waals surface area contributed by atoms with Gasteiger partial charge >= 0.3 is 27.3 Å². The van der Waals surface area contributed by atoms with E-state index in [-0.39, 0.29) is 29.1 Å². The fourth-order valence-electron chi connectivity index (χ4n) is 7.47. The number of ether oxygens (including phenoxy) is 1. The summed E-state index contributed by atoms with van der Waals surface area (Å²) in [6, 6.07) is 15.1. The number of hydrogen-bond acceptors (Lipinski definition) is 15. The SMILES string of the molecule is O=C(O)c1cc(CC(=S)CCCCCCCCCCCOP(=O)(O)OP(=O)(O)OCC2OC(n3ccc(=O)[nH]c3=O)C(O)C2O)ccc1-c1c2ccc(=O)cc-2oc2cc(O)ccc12. The zero-order valence-corrected chi connectivity index (χ0v) is 36.9. The Hall–Kier alpha value is -4.69. The highest BCUT2D eigenvalue weighted by Gasteiger charge is 2.46. The van der Waals surface area contributed by atoms with Gasteiger partial charge in [0.05, 0.1) is 18.8 Å². The van der Waals surface area contributed by atoms with Crippen molar-refractivity contribution in [3.63, 3.8) is 0 Å². The molecule has 64 heavy (non-hydrogen) atoms. The number of phosphoric acid groups is 2. The van der Waals surface area contributed by atoms with E-state index in [2.05, 4.69) is 4.31 Å². The molecule has 2 aliphatic heterocycles. The average molecular weight is 947 g/mol. The number of H-pyrrole nitrogens is 1. The van der Waals surface area contributed by atoms with Crippen molar-refractivity contribution in [2.45, 2.75) is 95.2 Å². The van der Waals surface area contributed by atoms with Crippen LogP contribution in [0.25, 0.3) is 33.4 Å². The Kier molecular flexibility index (Phi) is 16.4. The molecule has 3 aromatic rings. The van der Waals surface area contributed by atoms with Gasteiger partial charge in [-0.15, -0.1) is 0 Å². The number of phosphoric ester groups is 2. The third kappa shape index (κ3) is 12.8. The van der Waals surface area contributed by atoms with Crippen LogP contribution in [-0.4, -0.2) is 82.1 Å². The first-order chi connectivity index (χ1) is 30.4. The summed E-state index contributed by atoms with van der Waals surface area (Å²) in [6.07, 6.45) is 3.42. The molecule has 0 saturated carbocycles. The number of nitrogens with zero attached hydrogens (tertiary/aromatic N) is 1. The lowest BCUT2D eigenvalue weighted by Crippen LogP contribution is -2.37. The maximum absolute atomic E-state index is 12.6. The van der Waals surface area contributed by atoms with Gasteiger partial charge in [-0.3, -0.25) is 28.2 Å². The van der Waals surface area contributed by atoms with Gasteiger partial charge in [0.2, 0.25) is 0 Å². The van der Waals surface area contributed by atoms with Crippen molar-refractivity contribution in [3.05, 3.63) is 109 Å². The second-order valence-electron chi connectivity index (χ2n) is 15.4. The molecule has 0 bridgehead atoms. The van der Waals surface area contributed by atoms with E-state index >= 15 is 0 Å². The fourth-order valence-corrected chi connectivity index (χ4v) is 9.90. The molecule has 1 fully saturated rings. The predicted octanol–water partition coefficient (Wildman–Crippen LogP) is 6.20. The highest BCUT2D eigenvalue weighted by atomic mass is 32.1. The number of thiocarbonyl (C=S) groups is 1. The molecule has 344 valence electrons. The van der Waals surface area contributed by atoms with Crippen LogP contribution in [0, 0.1) is 0 Å². The van der Waals surface area contributed by atoms with Crippen molar-refractivity contribution >= 4 is 49.7 Å². The molecular weight excluding hydrogens is 898 g/mol. The van der Waals surface area contributed by atoms with Gasteiger partial charge in [0.15, 0.2) is 11.7 Å². The number of aromatic nitrogens is 2. The summed E-state index contributed by atoms with van der Waals surface area (Å²) in [4.78, 5) is 70.7. The minimum absolute atomic E-state index is 0.0356. The Balaban J connectivity index is 0.849. The van der Waals surface area contributed by atoms with Crippen molar-refractivity contribution in [1.29, 1.82) is 0 Å². The largest absolute Gasteiger partial charge is 0.508 e. The van der Waals surface area contributed by atoms with Gasteiger partial charge in [-0.25, -0.2) is 18.7 Å². The zero-order valence-electron chi connectivity index (χ0n) is 34.3. The van der Waals surface area contributed by atoms with Crippen molar-refractivity contribution in [2.24, 2.45) is 0 Å². The third-order valence-electron chi connectivity index (χ3n) is 10.6. The molecule has 3 aliphatic rings. The van der Waals surface area contributed by atoms with E-state index in [1.54, 1.807) is 24.3 Å². The molecule has 19 nitrogen and oxygen atoms in total. The summed E-state index contributed by atoms with van der Waals surface area (Å²) in [7, 11) is -10.3. The van der Waals surface area contributed by atoms with Crippen molar-refractivity contribution in [1.82, 2.24) is 9.55 Å². The first-order valence-electron chi connectivity index (χ1n) is 20.5. The molecule has 2 aromatic carbocycles. The maximum Gasteiger partial charge on any atom is 0.481 e. The van der Waals surface area contributed by atoms with Crippen LogP contribution in [0.3, 0.4) is 0 Å². The molecule has 0 spiro atoms. The molecule has 1 aliphatic carbocycles. The number of carbonyl (C=O) groups is 1. The number of carboxylic acid groups (broad SMARTS) is 1. The second kappa shape index (κ2) is 21.5. The number of phenolic OH excluding ortho intramolecular Hbond substituents is 1. The summed E-state index contributed by atoms with van der Waals surface area (Å²) in [5.74, 6) is -0.888. The Morgan fingerprint density at radius 3 is 2.19 bits per heavy atom. The van der Waals surface area contributed by atoms with Crippen LogP contribution in [0.4, 0.5) is 0 Å². The summed E-state index contributed by atoms with van der Waals surface area (Å²) < 4.78 is 50.5. The van der Waals surface area contributed by atoms with Crippen LogP contribution < -0.4 is 16.7 Å². The molecule has 1 saturated heterocycles. The molecule has 6 unspecified atom stereocenters. The van der Waals surface area contributed by atoms with E-state index in [0.29, 0.717) is 53.3 Å². The summed E-state index contributed by atoms with van der Waals surface area (Å²) in [5, 5.41) is 41.5. The predicted molar refractivity (Wildman–Crippen MR) is 236 cm³/mol. The van der Waals surface area contributed by atoms with Gasteiger partial charge in [0, 0.05) is 47.3 Å². The summed E-state index contributed by atoms with van der Waals surface area (Å²) in [6.45, 7) is -1.12. The highest BCUT2D eigenvalue weighted by Crippen LogP contribution is 2.60. The summed E-state index contributed by atoms with van der Waals surface area (Å²) >= 11 is 5.67. The second-order valence-corrected chi connectivity index (χ2v) is 19.0. The number of phenols is 1. The van der Waals surface area contributed by atoms with E-state index in [9.17, 15) is 58.5 Å². The lowest BCUT2D eigenvalue weighted by molar-refractivity contribution is -0.0543. The number of benzene rings is 3. The lowest BCUT2D eigenvalue weighted by Gasteiger charge is -2.19. The van der Waals surface area contributed by atoms with Crippen LogP contribution in [0.5, 0.6) is 5.75 Å². The Morgan fingerprint density at radius 1 is 0.812 bits per heavy atom. The number of fused-ring (bicyclic) bond motifs is 2. The van der Waals surface area contributed by atoms with E-state index in [0.717, 1.165) is 72.2 Å². The average Bonchev–Trinajstić information content (AvgIpc) is 3.50. The normalized spacial score (nSPS) is 19.4. The number of aromatic amines is 1. The van der Waals surface area contributed by atoms with Crippen molar-refractivity contribution in [3.8, 4) is 28.2 Å². The van der Waals surface area contributed by atoms with E-state index in [1.807, 2.05) is 11.1 Å². The standard InChI is InChI=1S/C42H48N2O17P2S/c45-26-12-15-30-33(22-26)59-34-23-27(46)13-16-31(34)37(30)29-14-11-25(21-32(29)41(50)51)20-28(64)10-8-6-4-2-1-3-5-7-9-19-57-62(53,54)61-63(55,56)58-24-35-38(48)39(49)40(60-35)44-18-17-36(47)43-42(44)52/h11-18,21-23,35,38-40,45,48-49H,1-10,19-20,24H2,(H,50,51)(H,53,54)(H,55,56)(H,43,47,52). The molecule has 1 aromatic heterocycles. The van der Waals surface area contributed by atoms with Gasteiger partial charge < -0.3 is 39.4 Å². The van der Waals surface area contributed by atoms with E-state index in [4.69, 9.17) is 30.4 Å². The first kappa shape index (κ1) is 48.8. The number of rotatable bonds is 23. The van der Waals surface area contributed by atoms with Gasteiger partial charge in [0.25, 0.3) is 5.56 Å². The molecule has 6 atom stereocenters. The molecule has 6 rings (SSSR count). The number of aliphatic hydroxyl groups is 2. The number of aromatic carboxylic acids is 1. The minimum atomic E-state index is -5.22. The quantitative estimate of drug-likeness (QED) is 0.0166. The maximum atomic E-state index is 12.6. The van der Waals surface area contributed by atoms with Crippen molar-refractivity contribution < 1.29 is 66.6 Å². The monoisotopic (exact) mass is 946 g/mol. The van der Waals surface area contributed by atoms with E-state index in [1.165, 1.54) is 24.3 Å². The molecule has 22 heteroatoms. The number of nitrogens with one attached hydrogen (secondary N) is 1. The van der Waals surface area contributed by atoms with E-state index < -0.39 is 64.0 Å². The van der Waals surface area contributed by atoms with Crippen LogP contribution in [-0.2, 0) is 33.6 Å². The molecule has 0 radical (unpaired) electrons. The van der Waals surface area contributed by atoms with Crippen molar-refractivity contribution in [2.75, 3.05) is 13.2 Å². The Morgan fingerprint density at radius 2 is 1.48 bits per heavy atom. The number of hydrogen-bond donors (Lipinski definition) is 7. The van der Waals surface area contributed by atoms with Crippen LogP contribution in [0.1, 0.15) is 86.4 Å². The van der Waals surface area contributed by atoms with Gasteiger partial charge in [-0.2, -0.15) is 4.31 Å². The van der Waals surface area contributed by atoms with Crippen LogP contribution in [0.2, 0.25) is 0 Å². The smallest absolute Gasteiger partial charge is 0.481 e. The summed E-state index contributed by atoms with van der Waals surface area (Å²) in [5.41, 5.74) is 0.793. The Labute approximate surface area is 370 Å². The van der Waals surface area contributed by atoms with Gasteiger partial charge in [-0.1, -0.05) is 69.3 Å². The van der Waals surface area contributed by atoms with Crippen LogP contribution in [0.15, 0.2) is 85.7 Å². The Bertz CT molecular complexity index is 2720.